The van der Waals surface area contributed by atoms with Crippen molar-refractivity contribution in [2.24, 2.45) is 0 Å². The maximum atomic E-state index is 10.9. The standard InChI is InChI=1S/C10H13NO.C8H11N.C8H10/c1-9(12)11(2)8-10-6-4-3-5-7-10;1-9-7-8-5-3-2-4-6-8;1-2-8-6-4-3-5-7-8/h3-7H,8H2,1-2H3;2-6,9H,7H2,1H3;3-7H,2H2,1H3. The minimum absolute atomic E-state index is 0.0962. The highest BCUT2D eigenvalue weighted by Crippen LogP contribution is 2.02. The molecule has 3 aromatic rings. The van der Waals surface area contributed by atoms with Crippen molar-refractivity contribution >= 4 is 5.91 Å². The van der Waals surface area contributed by atoms with Gasteiger partial charge in [0.25, 0.3) is 0 Å². The van der Waals surface area contributed by atoms with Crippen molar-refractivity contribution < 1.29 is 4.79 Å². The number of benzene rings is 3. The number of nitrogens with zero attached hydrogens (tertiary/aromatic N) is 1. The average molecular weight is 391 g/mol. The summed E-state index contributed by atoms with van der Waals surface area (Å²) < 4.78 is 0. The first-order chi connectivity index (χ1) is 14.1. The molecular weight excluding hydrogens is 356 g/mol. The number of nitrogens with one attached hydrogen (secondary N) is 1. The Bertz CT molecular complexity index is 774. The largest absolute Gasteiger partial charge is 0.342 e. The predicted octanol–water partition coefficient (Wildman–Crippen LogP) is 5.32. The molecule has 0 radical (unpaired) electrons. The number of carbonyl (C=O) groups excluding carboxylic acids is 1. The number of hydrogen-bond acceptors (Lipinski definition) is 2. The lowest BCUT2D eigenvalue weighted by Crippen LogP contribution is -2.22. The summed E-state index contributed by atoms with van der Waals surface area (Å²) in [4.78, 5) is 12.6. The summed E-state index contributed by atoms with van der Waals surface area (Å²) in [6.07, 6.45) is 1.14. The molecule has 0 saturated heterocycles. The van der Waals surface area contributed by atoms with Crippen LogP contribution in [0.2, 0.25) is 0 Å². The Hall–Kier alpha value is -2.91. The van der Waals surface area contributed by atoms with Crippen molar-refractivity contribution in [1.29, 1.82) is 0 Å². The third-order valence-electron chi connectivity index (χ3n) is 4.27. The van der Waals surface area contributed by atoms with Crippen molar-refractivity contribution in [3.63, 3.8) is 0 Å². The summed E-state index contributed by atoms with van der Waals surface area (Å²) in [5, 5.41) is 3.08. The van der Waals surface area contributed by atoms with Gasteiger partial charge in [0, 0.05) is 27.1 Å². The maximum Gasteiger partial charge on any atom is 0.219 e. The Kier molecular flexibility index (Phi) is 12.5. The SMILES string of the molecule is CC(=O)N(C)Cc1ccccc1.CCc1ccccc1.CNCc1ccccc1. The van der Waals surface area contributed by atoms with Crippen LogP contribution in [0.25, 0.3) is 0 Å². The van der Waals surface area contributed by atoms with E-state index in [9.17, 15) is 4.79 Å². The second-order valence-electron chi connectivity index (χ2n) is 6.72. The van der Waals surface area contributed by atoms with Crippen molar-refractivity contribution in [2.75, 3.05) is 14.1 Å². The van der Waals surface area contributed by atoms with Crippen LogP contribution in [0.15, 0.2) is 91.0 Å². The van der Waals surface area contributed by atoms with Gasteiger partial charge < -0.3 is 10.2 Å². The van der Waals surface area contributed by atoms with Crippen molar-refractivity contribution in [2.45, 2.75) is 33.4 Å². The maximum absolute atomic E-state index is 10.9. The summed E-state index contributed by atoms with van der Waals surface area (Å²) >= 11 is 0. The molecule has 0 aliphatic heterocycles. The molecule has 0 aromatic heterocycles. The van der Waals surface area contributed by atoms with Gasteiger partial charge in [-0.3, -0.25) is 4.79 Å². The average Bonchev–Trinajstić information content (AvgIpc) is 2.77. The third kappa shape index (κ3) is 11.5. The second kappa shape index (κ2) is 15.1. The van der Waals surface area contributed by atoms with E-state index in [0.717, 1.165) is 18.5 Å². The van der Waals surface area contributed by atoms with E-state index in [4.69, 9.17) is 0 Å². The normalized spacial score (nSPS) is 9.38. The first kappa shape index (κ1) is 24.1. The molecule has 3 nitrogen and oxygen atoms in total. The third-order valence-corrected chi connectivity index (χ3v) is 4.27. The highest BCUT2D eigenvalue weighted by atomic mass is 16.2. The molecule has 3 aromatic carbocycles. The molecule has 0 atom stereocenters. The summed E-state index contributed by atoms with van der Waals surface area (Å²) in [6, 6.07) is 30.7. The number of hydrogen-bond donors (Lipinski definition) is 1. The zero-order chi connectivity index (χ0) is 21.3. The lowest BCUT2D eigenvalue weighted by atomic mass is 10.2. The van der Waals surface area contributed by atoms with Gasteiger partial charge in [0.1, 0.15) is 0 Å². The van der Waals surface area contributed by atoms with E-state index in [0.29, 0.717) is 6.54 Å². The second-order valence-corrected chi connectivity index (χ2v) is 6.72. The Morgan fingerprint density at radius 3 is 1.52 bits per heavy atom. The van der Waals surface area contributed by atoms with Crippen molar-refractivity contribution in [3.8, 4) is 0 Å². The van der Waals surface area contributed by atoms with E-state index >= 15 is 0 Å². The molecule has 0 spiro atoms. The van der Waals surface area contributed by atoms with E-state index < -0.39 is 0 Å². The van der Waals surface area contributed by atoms with Crippen LogP contribution in [-0.2, 0) is 24.3 Å². The van der Waals surface area contributed by atoms with Crippen molar-refractivity contribution in [3.05, 3.63) is 108 Å². The molecule has 0 bridgehead atoms. The van der Waals surface area contributed by atoms with Gasteiger partial charge in [-0.15, -0.1) is 0 Å². The Labute approximate surface area is 176 Å². The Morgan fingerprint density at radius 1 is 0.759 bits per heavy atom. The molecule has 154 valence electrons. The quantitative estimate of drug-likeness (QED) is 0.639. The van der Waals surface area contributed by atoms with Gasteiger partial charge in [-0.2, -0.15) is 0 Å². The van der Waals surface area contributed by atoms with Gasteiger partial charge in [0.2, 0.25) is 5.91 Å². The zero-order valence-corrected chi connectivity index (χ0v) is 18.1. The smallest absolute Gasteiger partial charge is 0.219 e. The molecule has 0 aliphatic carbocycles. The number of carbonyl (C=O) groups is 1. The van der Waals surface area contributed by atoms with Gasteiger partial charge in [-0.1, -0.05) is 97.9 Å². The Balaban J connectivity index is 0.000000223. The monoisotopic (exact) mass is 390 g/mol. The van der Waals surface area contributed by atoms with Gasteiger partial charge in [-0.05, 0) is 30.2 Å². The summed E-state index contributed by atoms with van der Waals surface area (Å²) in [7, 11) is 3.75. The fourth-order valence-corrected chi connectivity index (χ4v) is 2.48. The number of aryl methyl sites for hydroxylation is 1. The van der Waals surface area contributed by atoms with E-state index in [-0.39, 0.29) is 5.91 Å². The van der Waals surface area contributed by atoms with Gasteiger partial charge in [-0.25, -0.2) is 0 Å². The molecule has 1 amide bonds. The van der Waals surface area contributed by atoms with Crippen molar-refractivity contribution in [1.82, 2.24) is 10.2 Å². The van der Waals surface area contributed by atoms with Gasteiger partial charge >= 0.3 is 0 Å². The fraction of sp³-hybridized carbons (Fsp3) is 0.269. The van der Waals surface area contributed by atoms with Crippen LogP contribution in [0.5, 0.6) is 0 Å². The van der Waals surface area contributed by atoms with Crippen LogP contribution < -0.4 is 5.32 Å². The van der Waals surface area contributed by atoms with E-state index in [1.54, 1.807) is 18.9 Å². The summed E-state index contributed by atoms with van der Waals surface area (Å²) in [5.74, 6) is 0.0962. The lowest BCUT2D eigenvalue weighted by molar-refractivity contribution is -0.128. The summed E-state index contributed by atoms with van der Waals surface area (Å²) in [6.45, 7) is 5.38. The molecule has 0 heterocycles. The molecule has 1 N–H and O–H groups in total. The molecule has 0 aliphatic rings. The van der Waals surface area contributed by atoms with E-state index in [2.05, 4.69) is 48.6 Å². The highest BCUT2D eigenvalue weighted by Gasteiger charge is 2.01. The predicted molar refractivity (Wildman–Crippen MR) is 124 cm³/mol. The van der Waals surface area contributed by atoms with E-state index in [1.165, 1.54) is 11.1 Å². The zero-order valence-electron chi connectivity index (χ0n) is 18.1. The van der Waals surface area contributed by atoms with Gasteiger partial charge in [0.15, 0.2) is 0 Å². The first-order valence-corrected chi connectivity index (χ1v) is 10.0. The van der Waals surface area contributed by atoms with Gasteiger partial charge in [0.05, 0.1) is 0 Å². The van der Waals surface area contributed by atoms with Crippen LogP contribution in [0, 0.1) is 0 Å². The minimum Gasteiger partial charge on any atom is -0.342 e. The molecule has 3 heteroatoms. The van der Waals surface area contributed by atoms with E-state index in [1.807, 2.05) is 61.6 Å². The van der Waals surface area contributed by atoms with Crippen LogP contribution in [-0.4, -0.2) is 24.9 Å². The topological polar surface area (TPSA) is 32.3 Å². The minimum atomic E-state index is 0.0962. The molecule has 3 rings (SSSR count). The summed E-state index contributed by atoms with van der Waals surface area (Å²) in [5.41, 5.74) is 3.91. The molecular formula is C26H34N2O. The molecule has 0 saturated carbocycles. The molecule has 0 fully saturated rings. The molecule has 0 unspecified atom stereocenters. The number of rotatable bonds is 5. The Morgan fingerprint density at radius 2 is 1.17 bits per heavy atom. The fourth-order valence-electron chi connectivity index (χ4n) is 2.48. The van der Waals surface area contributed by atoms with Crippen LogP contribution in [0.3, 0.4) is 0 Å². The van der Waals surface area contributed by atoms with Crippen LogP contribution in [0.1, 0.15) is 30.5 Å². The van der Waals surface area contributed by atoms with Crippen LogP contribution >= 0.6 is 0 Å². The number of amides is 1. The highest BCUT2D eigenvalue weighted by molar-refractivity contribution is 5.72. The lowest BCUT2D eigenvalue weighted by Gasteiger charge is -2.14. The molecule has 29 heavy (non-hydrogen) atoms. The van der Waals surface area contributed by atoms with Crippen LogP contribution in [0.4, 0.5) is 0 Å². The first-order valence-electron chi connectivity index (χ1n) is 10.0.